The van der Waals surface area contributed by atoms with Gasteiger partial charge in [0.05, 0.1) is 23.4 Å². The largest absolute Gasteiger partial charge is 0.392 e. The molecule has 0 bridgehead atoms. The van der Waals surface area contributed by atoms with Crippen molar-refractivity contribution in [3.63, 3.8) is 0 Å². The zero-order chi connectivity index (χ0) is 9.14. The van der Waals surface area contributed by atoms with Gasteiger partial charge in [0, 0.05) is 0 Å². The molecule has 0 aliphatic heterocycles. The third kappa shape index (κ3) is 2.01. The Morgan fingerprint density at radius 1 is 1.75 bits per heavy atom. The molecule has 5 heteroatoms. The molecule has 0 radical (unpaired) electrons. The number of aromatic nitrogens is 3. The highest BCUT2D eigenvalue weighted by molar-refractivity contribution is 7.80. The van der Waals surface area contributed by atoms with Crippen molar-refractivity contribution in [1.29, 1.82) is 0 Å². The first-order valence-corrected chi connectivity index (χ1v) is 4.18. The van der Waals surface area contributed by atoms with Gasteiger partial charge in [-0.1, -0.05) is 31.3 Å². The van der Waals surface area contributed by atoms with E-state index in [1.165, 1.54) is 0 Å². The summed E-state index contributed by atoms with van der Waals surface area (Å²) in [4.78, 5) is 0.433. The normalized spacial score (nSPS) is 10.6. The lowest BCUT2D eigenvalue weighted by Gasteiger charge is -2.06. The first-order chi connectivity index (χ1) is 5.61. The van der Waals surface area contributed by atoms with Gasteiger partial charge in [0.2, 0.25) is 0 Å². The minimum absolute atomic E-state index is 0.398. The summed E-state index contributed by atoms with van der Waals surface area (Å²) in [5.41, 5.74) is 6.45. The Morgan fingerprint density at radius 2 is 2.42 bits per heavy atom. The van der Waals surface area contributed by atoms with Crippen LogP contribution in [0.4, 0.5) is 0 Å². The van der Waals surface area contributed by atoms with Crippen LogP contribution in [-0.2, 0) is 6.54 Å². The SMILES string of the molecule is CC(C)c1cnnn1CC(N)=S. The van der Waals surface area contributed by atoms with Crippen LogP contribution in [-0.4, -0.2) is 20.0 Å². The second-order valence-corrected chi connectivity index (χ2v) is 3.46. The maximum Gasteiger partial charge on any atom is 0.0946 e. The zero-order valence-electron chi connectivity index (χ0n) is 7.19. The Labute approximate surface area is 76.8 Å². The molecule has 0 amide bonds. The fourth-order valence-corrected chi connectivity index (χ4v) is 1.11. The minimum Gasteiger partial charge on any atom is -0.392 e. The van der Waals surface area contributed by atoms with Crippen molar-refractivity contribution in [1.82, 2.24) is 15.0 Å². The monoisotopic (exact) mass is 184 g/mol. The number of hydrogen-bond acceptors (Lipinski definition) is 3. The lowest BCUT2D eigenvalue weighted by molar-refractivity contribution is 0.622. The van der Waals surface area contributed by atoms with Gasteiger partial charge >= 0.3 is 0 Å². The predicted octanol–water partition coefficient (Wildman–Crippen LogP) is 0.688. The number of rotatable bonds is 3. The van der Waals surface area contributed by atoms with E-state index in [0.717, 1.165) is 5.69 Å². The number of thiocarbonyl (C=S) groups is 1. The van der Waals surface area contributed by atoms with Crippen LogP contribution >= 0.6 is 12.2 Å². The minimum atomic E-state index is 0.398. The van der Waals surface area contributed by atoms with Gasteiger partial charge in [-0.2, -0.15) is 0 Å². The molecule has 1 aromatic rings. The summed E-state index contributed by atoms with van der Waals surface area (Å²) in [7, 11) is 0. The maximum atomic E-state index is 5.40. The van der Waals surface area contributed by atoms with Gasteiger partial charge in [-0.3, -0.25) is 0 Å². The van der Waals surface area contributed by atoms with Crippen LogP contribution in [0.3, 0.4) is 0 Å². The Bertz CT molecular complexity index is 279. The third-order valence-corrected chi connectivity index (χ3v) is 1.67. The van der Waals surface area contributed by atoms with E-state index in [9.17, 15) is 0 Å². The highest BCUT2D eigenvalue weighted by atomic mass is 32.1. The fraction of sp³-hybridized carbons (Fsp3) is 0.571. The van der Waals surface area contributed by atoms with Gasteiger partial charge in [0.25, 0.3) is 0 Å². The van der Waals surface area contributed by atoms with E-state index in [1.54, 1.807) is 10.9 Å². The van der Waals surface area contributed by atoms with Crippen molar-refractivity contribution >= 4 is 17.2 Å². The summed E-state index contributed by atoms with van der Waals surface area (Å²) < 4.78 is 1.73. The molecular formula is C7H12N4S. The standard InChI is InChI=1S/C7H12N4S/c1-5(2)6-3-9-10-11(6)4-7(8)12/h3,5H,4H2,1-2H3,(H2,8,12). The molecule has 1 aromatic heterocycles. The average molecular weight is 184 g/mol. The van der Waals surface area contributed by atoms with Crippen molar-refractivity contribution in [2.75, 3.05) is 0 Å². The molecule has 66 valence electrons. The van der Waals surface area contributed by atoms with Crippen molar-refractivity contribution in [3.05, 3.63) is 11.9 Å². The molecule has 0 fully saturated rings. The molecule has 4 nitrogen and oxygen atoms in total. The third-order valence-electron chi connectivity index (χ3n) is 1.54. The van der Waals surface area contributed by atoms with Crippen molar-refractivity contribution < 1.29 is 0 Å². The van der Waals surface area contributed by atoms with E-state index in [1.807, 2.05) is 0 Å². The van der Waals surface area contributed by atoms with Gasteiger partial charge < -0.3 is 5.73 Å². The molecule has 0 atom stereocenters. The quantitative estimate of drug-likeness (QED) is 0.702. The van der Waals surface area contributed by atoms with Gasteiger partial charge in [0.15, 0.2) is 0 Å². The van der Waals surface area contributed by atoms with Crippen LogP contribution in [0, 0.1) is 0 Å². The van der Waals surface area contributed by atoms with E-state index in [-0.39, 0.29) is 0 Å². The van der Waals surface area contributed by atoms with Crippen molar-refractivity contribution in [2.24, 2.45) is 5.73 Å². The van der Waals surface area contributed by atoms with E-state index in [0.29, 0.717) is 17.5 Å². The van der Waals surface area contributed by atoms with Gasteiger partial charge in [0.1, 0.15) is 0 Å². The van der Waals surface area contributed by atoms with E-state index in [2.05, 4.69) is 24.2 Å². The molecule has 0 unspecified atom stereocenters. The smallest absolute Gasteiger partial charge is 0.0946 e. The molecule has 0 aliphatic carbocycles. The topological polar surface area (TPSA) is 56.7 Å². The lowest BCUT2D eigenvalue weighted by Crippen LogP contribution is -2.19. The first kappa shape index (κ1) is 9.12. The van der Waals surface area contributed by atoms with Crippen molar-refractivity contribution in [2.45, 2.75) is 26.3 Å². The number of hydrogen-bond donors (Lipinski definition) is 1. The average Bonchev–Trinajstić information content (AvgIpc) is 2.33. The summed E-state index contributed by atoms with van der Waals surface area (Å²) in [5, 5.41) is 7.67. The molecule has 0 saturated heterocycles. The van der Waals surface area contributed by atoms with E-state index >= 15 is 0 Å². The van der Waals surface area contributed by atoms with Crippen LogP contribution in [0.1, 0.15) is 25.5 Å². The van der Waals surface area contributed by atoms with E-state index in [4.69, 9.17) is 18.0 Å². The number of nitrogens with zero attached hydrogens (tertiary/aromatic N) is 3. The highest BCUT2D eigenvalue weighted by Gasteiger charge is 2.07. The summed E-state index contributed by atoms with van der Waals surface area (Å²) in [6, 6.07) is 0. The van der Waals surface area contributed by atoms with Gasteiger partial charge in [-0.15, -0.1) is 5.10 Å². The Balaban J connectivity index is 2.84. The Hall–Kier alpha value is -0.970. The van der Waals surface area contributed by atoms with Crippen LogP contribution in [0.5, 0.6) is 0 Å². The summed E-state index contributed by atoms with van der Waals surface area (Å²) in [6.45, 7) is 4.63. The molecular weight excluding hydrogens is 172 g/mol. The summed E-state index contributed by atoms with van der Waals surface area (Å²) in [5.74, 6) is 0.398. The fourth-order valence-electron chi connectivity index (χ4n) is 0.983. The molecule has 12 heavy (non-hydrogen) atoms. The Kier molecular flexibility index (Phi) is 2.75. The molecule has 0 aromatic carbocycles. The van der Waals surface area contributed by atoms with Crippen LogP contribution < -0.4 is 5.73 Å². The summed E-state index contributed by atoms with van der Waals surface area (Å²) in [6.07, 6.45) is 1.74. The molecule has 1 rings (SSSR count). The maximum absolute atomic E-state index is 5.40. The van der Waals surface area contributed by atoms with Crippen LogP contribution in [0.15, 0.2) is 6.20 Å². The first-order valence-electron chi connectivity index (χ1n) is 3.78. The zero-order valence-corrected chi connectivity index (χ0v) is 8.01. The second-order valence-electron chi connectivity index (χ2n) is 2.94. The van der Waals surface area contributed by atoms with Gasteiger partial charge in [-0.05, 0) is 5.92 Å². The Morgan fingerprint density at radius 3 is 2.92 bits per heavy atom. The van der Waals surface area contributed by atoms with Crippen LogP contribution in [0.2, 0.25) is 0 Å². The van der Waals surface area contributed by atoms with Gasteiger partial charge in [-0.25, -0.2) is 4.68 Å². The highest BCUT2D eigenvalue weighted by Crippen LogP contribution is 2.11. The number of nitrogens with two attached hydrogens (primary N) is 1. The molecule has 0 spiro atoms. The lowest BCUT2D eigenvalue weighted by atomic mass is 10.1. The predicted molar refractivity (Wildman–Crippen MR) is 50.9 cm³/mol. The van der Waals surface area contributed by atoms with Crippen molar-refractivity contribution in [3.8, 4) is 0 Å². The van der Waals surface area contributed by atoms with Crippen LogP contribution in [0.25, 0.3) is 0 Å². The van der Waals surface area contributed by atoms with E-state index < -0.39 is 0 Å². The second kappa shape index (κ2) is 3.62. The summed E-state index contributed by atoms with van der Waals surface area (Å²) >= 11 is 4.78. The molecule has 1 heterocycles. The molecule has 0 aliphatic rings. The molecule has 2 N–H and O–H groups in total. The molecule has 0 saturated carbocycles.